The van der Waals surface area contributed by atoms with Gasteiger partial charge in [0.05, 0.1) is 25.9 Å². The molecule has 0 radical (unpaired) electrons. The molecular weight excluding hydrogens is 266 g/mol. The molecule has 0 aromatic heterocycles. The molecule has 0 saturated carbocycles. The van der Waals surface area contributed by atoms with E-state index in [1.165, 1.54) is 0 Å². The Hall–Kier alpha value is -1.88. The summed E-state index contributed by atoms with van der Waals surface area (Å²) in [7, 11) is 0. The number of para-hydroxylation sites is 1. The lowest BCUT2D eigenvalue weighted by atomic mass is 10.0. The maximum atomic E-state index is 6.23. The zero-order valence-electron chi connectivity index (χ0n) is 11.8. The van der Waals surface area contributed by atoms with E-state index in [1.807, 2.05) is 54.6 Å². The summed E-state index contributed by atoms with van der Waals surface area (Å²) < 4.78 is 16.8. The fraction of sp³-hybridized carbons (Fsp3) is 0.294. The zero-order valence-corrected chi connectivity index (χ0v) is 11.8. The van der Waals surface area contributed by atoms with Crippen LogP contribution in [0.3, 0.4) is 0 Å². The van der Waals surface area contributed by atoms with E-state index in [0.717, 1.165) is 17.1 Å². The van der Waals surface area contributed by atoms with Crippen molar-refractivity contribution in [3.63, 3.8) is 0 Å². The fourth-order valence-electron chi connectivity index (χ4n) is 2.31. The summed E-state index contributed by atoms with van der Waals surface area (Å²) in [5, 5.41) is 0. The smallest absolute Gasteiger partial charge is 0.127 e. The number of hydrogen-bond donors (Lipinski definition) is 1. The Morgan fingerprint density at radius 2 is 1.67 bits per heavy atom. The van der Waals surface area contributed by atoms with Crippen molar-refractivity contribution in [3.8, 4) is 11.5 Å². The fourth-order valence-corrected chi connectivity index (χ4v) is 2.31. The first-order valence-electron chi connectivity index (χ1n) is 7.11. The van der Waals surface area contributed by atoms with Gasteiger partial charge in [0, 0.05) is 0 Å². The molecule has 4 heteroatoms. The summed E-state index contributed by atoms with van der Waals surface area (Å²) >= 11 is 0. The minimum Gasteiger partial charge on any atom is -0.457 e. The molecule has 1 aliphatic heterocycles. The number of hydrogen-bond acceptors (Lipinski definition) is 4. The second kappa shape index (κ2) is 6.72. The highest BCUT2D eigenvalue weighted by Gasteiger charge is 2.23. The van der Waals surface area contributed by atoms with Crippen molar-refractivity contribution in [2.75, 3.05) is 19.8 Å². The molecule has 1 saturated heterocycles. The first-order chi connectivity index (χ1) is 10.3. The van der Waals surface area contributed by atoms with Gasteiger partial charge in [0.1, 0.15) is 17.6 Å². The topological polar surface area (TPSA) is 53.7 Å². The quantitative estimate of drug-likeness (QED) is 0.938. The SMILES string of the molecule is NC(c1ccc(Oc2ccccc2)cc1)C1COCCO1. The predicted molar refractivity (Wildman–Crippen MR) is 80.4 cm³/mol. The molecule has 2 atom stereocenters. The Labute approximate surface area is 124 Å². The molecular formula is C17H19NO3. The van der Waals surface area contributed by atoms with E-state index < -0.39 is 0 Å². The summed E-state index contributed by atoms with van der Waals surface area (Å²) in [6.45, 7) is 1.80. The van der Waals surface area contributed by atoms with Crippen LogP contribution in [-0.4, -0.2) is 25.9 Å². The molecule has 2 unspecified atom stereocenters. The molecule has 1 heterocycles. The van der Waals surface area contributed by atoms with Gasteiger partial charge >= 0.3 is 0 Å². The second-order valence-electron chi connectivity index (χ2n) is 4.99. The van der Waals surface area contributed by atoms with E-state index in [4.69, 9.17) is 19.9 Å². The van der Waals surface area contributed by atoms with Gasteiger partial charge in [0.15, 0.2) is 0 Å². The third-order valence-electron chi connectivity index (χ3n) is 3.49. The summed E-state index contributed by atoms with van der Waals surface area (Å²) in [5.74, 6) is 1.61. The van der Waals surface area contributed by atoms with Crippen molar-refractivity contribution in [1.82, 2.24) is 0 Å². The monoisotopic (exact) mass is 285 g/mol. The van der Waals surface area contributed by atoms with Crippen LogP contribution in [0, 0.1) is 0 Å². The average molecular weight is 285 g/mol. The van der Waals surface area contributed by atoms with Crippen LogP contribution in [0.4, 0.5) is 0 Å². The molecule has 2 aromatic rings. The number of nitrogens with two attached hydrogens (primary N) is 1. The van der Waals surface area contributed by atoms with Crippen molar-refractivity contribution >= 4 is 0 Å². The van der Waals surface area contributed by atoms with E-state index in [0.29, 0.717) is 19.8 Å². The van der Waals surface area contributed by atoms with Gasteiger partial charge in [-0.05, 0) is 29.8 Å². The Kier molecular flexibility index (Phi) is 4.50. The summed E-state index contributed by atoms with van der Waals surface area (Å²) in [6, 6.07) is 17.3. The molecule has 2 aromatic carbocycles. The van der Waals surface area contributed by atoms with Gasteiger partial charge in [0.25, 0.3) is 0 Å². The van der Waals surface area contributed by atoms with Crippen molar-refractivity contribution in [1.29, 1.82) is 0 Å². The van der Waals surface area contributed by atoms with Gasteiger partial charge < -0.3 is 19.9 Å². The van der Waals surface area contributed by atoms with Gasteiger partial charge in [0.2, 0.25) is 0 Å². The molecule has 2 N–H and O–H groups in total. The van der Waals surface area contributed by atoms with E-state index in [1.54, 1.807) is 0 Å². The molecule has 3 rings (SSSR count). The molecule has 0 amide bonds. The number of benzene rings is 2. The standard InChI is InChI=1S/C17H19NO3/c18-17(16-12-19-10-11-20-16)13-6-8-15(9-7-13)21-14-4-2-1-3-5-14/h1-9,16-17H,10-12,18H2. The van der Waals surface area contributed by atoms with E-state index in [9.17, 15) is 0 Å². The third kappa shape index (κ3) is 3.61. The van der Waals surface area contributed by atoms with Crippen LogP contribution < -0.4 is 10.5 Å². The zero-order chi connectivity index (χ0) is 14.5. The minimum absolute atomic E-state index is 0.0837. The number of rotatable bonds is 4. The van der Waals surface area contributed by atoms with Crippen LogP contribution in [0.15, 0.2) is 54.6 Å². The van der Waals surface area contributed by atoms with Gasteiger partial charge in [-0.15, -0.1) is 0 Å². The summed E-state index contributed by atoms with van der Waals surface area (Å²) in [6.07, 6.45) is -0.0837. The maximum Gasteiger partial charge on any atom is 0.127 e. The molecule has 1 fully saturated rings. The first kappa shape index (κ1) is 14.1. The molecule has 1 aliphatic rings. The maximum absolute atomic E-state index is 6.23. The predicted octanol–water partition coefficient (Wildman–Crippen LogP) is 2.89. The van der Waals surface area contributed by atoms with E-state index in [2.05, 4.69) is 0 Å². The lowest BCUT2D eigenvalue weighted by Gasteiger charge is -2.28. The van der Waals surface area contributed by atoms with Crippen LogP contribution in [0.5, 0.6) is 11.5 Å². The second-order valence-corrected chi connectivity index (χ2v) is 4.99. The van der Waals surface area contributed by atoms with Gasteiger partial charge in [-0.2, -0.15) is 0 Å². The molecule has 4 nitrogen and oxygen atoms in total. The summed E-state index contributed by atoms with van der Waals surface area (Å²) in [4.78, 5) is 0. The third-order valence-corrected chi connectivity index (χ3v) is 3.49. The van der Waals surface area contributed by atoms with Crippen LogP contribution in [0.1, 0.15) is 11.6 Å². The van der Waals surface area contributed by atoms with Crippen LogP contribution >= 0.6 is 0 Å². The van der Waals surface area contributed by atoms with E-state index in [-0.39, 0.29) is 12.1 Å². The van der Waals surface area contributed by atoms with Crippen LogP contribution in [-0.2, 0) is 9.47 Å². The minimum atomic E-state index is -0.184. The molecule has 0 aliphatic carbocycles. The highest BCUT2D eigenvalue weighted by atomic mass is 16.6. The van der Waals surface area contributed by atoms with Crippen molar-refractivity contribution in [2.45, 2.75) is 12.1 Å². The Balaban J connectivity index is 1.66. The highest BCUT2D eigenvalue weighted by Crippen LogP contribution is 2.25. The number of ether oxygens (including phenoxy) is 3. The first-order valence-corrected chi connectivity index (χ1v) is 7.11. The van der Waals surface area contributed by atoms with Crippen molar-refractivity contribution < 1.29 is 14.2 Å². The Morgan fingerprint density at radius 1 is 0.952 bits per heavy atom. The highest BCUT2D eigenvalue weighted by molar-refractivity contribution is 5.34. The van der Waals surface area contributed by atoms with Crippen LogP contribution in [0.25, 0.3) is 0 Å². The van der Waals surface area contributed by atoms with Gasteiger partial charge in [-0.3, -0.25) is 0 Å². The van der Waals surface area contributed by atoms with Crippen molar-refractivity contribution in [3.05, 3.63) is 60.2 Å². The molecule has 110 valence electrons. The van der Waals surface area contributed by atoms with Crippen molar-refractivity contribution in [2.24, 2.45) is 5.73 Å². The van der Waals surface area contributed by atoms with E-state index >= 15 is 0 Å². The summed E-state index contributed by atoms with van der Waals surface area (Å²) in [5.41, 5.74) is 7.25. The largest absolute Gasteiger partial charge is 0.457 e. The molecule has 0 spiro atoms. The van der Waals surface area contributed by atoms with Gasteiger partial charge in [-0.25, -0.2) is 0 Å². The lowest BCUT2D eigenvalue weighted by Crippen LogP contribution is -2.37. The molecule has 21 heavy (non-hydrogen) atoms. The van der Waals surface area contributed by atoms with Gasteiger partial charge in [-0.1, -0.05) is 30.3 Å². The lowest BCUT2D eigenvalue weighted by molar-refractivity contribution is -0.0975. The normalized spacial score (nSPS) is 20.0. The Bertz CT molecular complexity index is 550. The van der Waals surface area contributed by atoms with Crippen LogP contribution in [0.2, 0.25) is 0 Å². The Morgan fingerprint density at radius 3 is 2.33 bits per heavy atom. The molecule has 0 bridgehead atoms. The average Bonchev–Trinajstić information content (AvgIpc) is 2.57.